The van der Waals surface area contributed by atoms with E-state index in [1.165, 1.54) is 0 Å². The van der Waals surface area contributed by atoms with Crippen LogP contribution in [-0.4, -0.2) is 35.4 Å². The van der Waals surface area contributed by atoms with Crippen molar-refractivity contribution in [3.8, 4) is 5.75 Å². The molecule has 6 heteroatoms. The van der Waals surface area contributed by atoms with Gasteiger partial charge in [0.2, 0.25) is 11.8 Å². The minimum Gasteiger partial charge on any atom is -0.497 e. The van der Waals surface area contributed by atoms with Gasteiger partial charge in [0.25, 0.3) is 0 Å². The van der Waals surface area contributed by atoms with E-state index >= 15 is 0 Å². The van der Waals surface area contributed by atoms with Crippen LogP contribution in [0.2, 0.25) is 0 Å². The summed E-state index contributed by atoms with van der Waals surface area (Å²) in [5.74, 6) is 0.647. The van der Waals surface area contributed by atoms with Crippen LogP contribution in [0.3, 0.4) is 0 Å². The Morgan fingerprint density at radius 1 is 1.25 bits per heavy atom. The first-order valence-corrected chi connectivity index (χ1v) is 9.71. The van der Waals surface area contributed by atoms with Crippen molar-refractivity contribution in [3.05, 3.63) is 53.7 Å². The van der Waals surface area contributed by atoms with Crippen molar-refractivity contribution < 1.29 is 14.3 Å². The molecule has 0 radical (unpaired) electrons. The van der Waals surface area contributed by atoms with Gasteiger partial charge in [0.05, 0.1) is 19.1 Å². The van der Waals surface area contributed by atoms with Crippen LogP contribution in [0.5, 0.6) is 5.75 Å². The summed E-state index contributed by atoms with van der Waals surface area (Å²) >= 11 is 0. The molecular weight excluding hydrogens is 354 g/mol. The molecule has 0 bridgehead atoms. The van der Waals surface area contributed by atoms with Gasteiger partial charge in [0.1, 0.15) is 11.6 Å². The number of rotatable bonds is 7. The van der Waals surface area contributed by atoms with E-state index in [-0.39, 0.29) is 24.3 Å². The molecule has 1 aromatic heterocycles. The average Bonchev–Trinajstić information content (AvgIpc) is 3.03. The Morgan fingerprint density at radius 2 is 2.00 bits per heavy atom. The third-order valence-electron chi connectivity index (χ3n) is 5.12. The molecular formula is C22H27N3O3. The van der Waals surface area contributed by atoms with E-state index in [1.54, 1.807) is 13.2 Å². The molecule has 0 unspecified atom stereocenters. The fourth-order valence-electron chi connectivity index (χ4n) is 3.66. The monoisotopic (exact) mass is 381 g/mol. The van der Waals surface area contributed by atoms with E-state index in [0.717, 1.165) is 29.8 Å². The molecule has 148 valence electrons. The van der Waals surface area contributed by atoms with Crippen LogP contribution >= 0.6 is 0 Å². The molecule has 28 heavy (non-hydrogen) atoms. The number of carbonyl (C=O) groups is 2. The van der Waals surface area contributed by atoms with E-state index < -0.39 is 5.92 Å². The number of pyridine rings is 1. The van der Waals surface area contributed by atoms with Gasteiger partial charge < -0.3 is 15.0 Å². The second-order valence-electron chi connectivity index (χ2n) is 7.12. The summed E-state index contributed by atoms with van der Waals surface area (Å²) in [7, 11) is 1.62. The summed E-state index contributed by atoms with van der Waals surface area (Å²) in [5, 5.41) is 2.89. The third-order valence-corrected chi connectivity index (χ3v) is 5.12. The number of anilines is 1. The normalized spacial score (nSPS) is 19.0. The zero-order valence-corrected chi connectivity index (χ0v) is 16.6. The number of nitrogens with zero attached hydrogens (tertiary/aromatic N) is 2. The lowest BCUT2D eigenvalue weighted by molar-refractivity contribution is -0.129. The van der Waals surface area contributed by atoms with E-state index in [1.807, 2.05) is 48.2 Å². The predicted octanol–water partition coefficient (Wildman–Crippen LogP) is 3.73. The fraction of sp³-hybridized carbons (Fsp3) is 0.409. The topological polar surface area (TPSA) is 71.5 Å². The van der Waals surface area contributed by atoms with Crippen molar-refractivity contribution in [2.24, 2.45) is 5.92 Å². The van der Waals surface area contributed by atoms with Gasteiger partial charge in [-0.1, -0.05) is 31.5 Å². The summed E-state index contributed by atoms with van der Waals surface area (Å²) in [6.45, 7) is 4.62. The third kappa shape index (κ3) is 4.32. The molecule has 1 aliphatic heterocycles. The minimum absolute atomic E-state index is 0.0200. The summed E-state index contributed by atoms with van der Waals surface area (Å²) < 4.78 is 5.24. The Morgan fingerprint density at radius 3 is 2.64 bits per heavy atom. The van der Waals surface area contributed by atoms with Crippen molar-refractivity contribution in [3.63, 3.8) is 0 Å². The second-order valence-corrected chi connectivity index (χ2v) is 7.12. The summed E-state index contributed by atoms with van der Waals surface area (Å²) in [5.41, 5.74) is 1.77. The number of unbranched alkanes of at least 4 members (excludes halogenated alkanes) is 1. The number of hydrogen-bond donors (Lipinski definition) is 1. The largest absolute Gasteiger partial charge is 0.497 e. The molecule has 1 fully saturated rings. The molecule has 0 saturated carbocycles. The van der Waals surface area contributed by atoms with Gasteiger partial charge in [-0.05, 0) is 43.2 Å². The van der Waals surface area contributed by atoms with Crippen LogP contribution < -0.4 is 10.1 Å². The number of carbonyl (C=O) groups excluding carboxylic acids is 2. The van der Waals surface area contributed by atoms with Crippen LogP contribution in [0.1, 0.15) is 43.5 Å². The van der Waals surface area contributed by atoms with Gasteiger partial charge in [-0.3, -0.25) is 9.59 Å². The molecule has 2 atom stereocenters. The van der Waals surface area contributed by atoms with Crippen molar-refractivity contribution in [1.82, 2.24) is 9.88 Å². The average molecular weight is 381 g/mol. The van der Waals surface area contributed by atoms with Crippen molar-refractivity contribution in [1.29, 1.82) is 0 Å². The van der Waals surface area contributed by atoms with Gasteiger partial charge in [0.15, 0.2) is 0 Å². The lowest BCUT2D eigenvalue weighted by Crippen LogP contribution is -2.33. The first-order chi connectivity index (χ1) is 13.5. The Hall–Kier alpha value is -2.89. The van der Waals surface area contributed by atoms with E-state index in [4.69, 9.17) is 4.74 Å². The number of nitrogens with one attached hydrogen (secondary N) is 1. The van der Waals surface area contributed by atoms with Gasteiger partial charge in [-0.15, -0.1) is 0 Å². The lowest BCUT2D eigenvalue weighted by atomic mass is 9.92. The smallest absolute Gasteiger partial charge is 0.231 e. The standard InChI is InChI=1S/C22H27N3O3/c1-4-5-13-25-20(26)14-18(21(25)16-9-11-17(28-3)12-10-16)22(27)24-19-8-6-7-15(2)23-19/h6-12,18,21H,4-5,13-14H2,1-3H3,(H,23,24,27)/t18-,21-/m1/s1. The quantitative estimate of drug-likeness (QED) is 0.793. The summed E-state index contributed by atoms with van der Waals surface area (Å²) in [6.07, 6.45) is 2.10. The van der Waals surface area contributed by atoms with Crippen molar-refractivity contribution >= 4 is 17.6 Å². The van der Waals surface area contributed by atoms with Crippen molar-refractivity contribution in [2.75, 3.05) is 19.0 Å². The molecule has 0 spiro atoms. The highest BCUT2D eigenvalue weighted by Gasteiger charge is 2.44. The highest BCUT2D eigenvalue weighted by Crippen LogP contribution is 2.39. The van der Waals surface area contributed by atoms with Crippen LogP contribution in [0.25, 0.3) is 0 Å². The van der Waals surface area contributed by atoms with Gasteiger partial charge in [-0.2, -0.15) is 0 Å². The fourth-order valence-corrected chi connectivity index (χ4v) is 3.66. The number of aryl methyl sites for hydroxylation is 1. The number of hydrogen-bond acceptors (Lipinski definition) is 4. The molecule has 1 aromatic carbocycles. The Kier molecular flexibility index (Phi) is 6.29. The van der Waals surface area contributed by atoms with Gasteiger partial charge in [0, 0.05) is 18.7 Å². The van der Waals surface area contributed by atoms with Crippen LogP contribution in [0.4, 0.5) is 5.82 Å². The highest BCUT2D eigenvalue weighted by atomic mass is 16.5. The SMILES string of the molecule is CCCCN1C(=O)C[C@@H](C(=O)Nc2cccc(C)n2)[C@H]1c1ccc(OC)cc1. The number of ether oxygens (including phenoxy) is 1. The van der Waals surface area contributed by atoms with E-state index in [0.29, 0.717) is 12.4 Å². The Balaban J connectivity index is 1.87. The lowest BCUT2D eigenvalue weighted by Gasteiger charge is -2.28. The van der Waals surface area contributed by atoms with Gasteiger partial charge >= 0.3 is 0 Å². The number of aromatic nitrogens is 1. The van der Waals surface area contributed by atoms with Crippen LogP contribution in [0.15, 0.2) is 42.5 Å². The molecule has 1 N–H and O–H groups in total. The Labute approximate surface area is 165 Å². The maximum Gasteiger partial charge on any atom is 0.231 e. The molecule has 3 rings (SSSR count). The maximum atomic E-state index is 13.0. The summed E-state index contributed by atoms with van der Waals surface area (Å²) in [6, 6.07) is 12.8. The number of benzene rings is 1. The summed E-state index contributed by atoms with van der Waals surface area (Å²) in [4.78, 5) is 31.9. The second kappa shape index (κ2) is 8.87. The number of methoxy groups -OCH3 is 1. The zero-order valence-electron chi connectivity index (χ0n) is 16.6. The molecule has 6 nitrogen and oxygen atoms in total. The van der Waals surface area contributed by atoms with Crippen molar-refractivity contribution in [2.45, 2.75) is 39.2 Å². The minimum atomic E-state index is -0.458. The first-order valence-electron chi connectivity index (χ1n) is 9.71. The van der Waals surface area contributed by atoms with Crippen LogP contribution in [-0.2, 0) is 9.59 Å². The Bertz CT molecular complexity index is 835. The van der Waals surface area contributed by atoms with Gasteiger partial charge in [-0.25, -0.2) is 4.98 Å². The predicted molar refractivity (Wildman–Crippen MR) is 108 cm³/mol. The van der Waals surface area contributed by atoms with Crippen LogP contribution in [0, 0.1) is 12.8 Å². The number of likely N-dealkylation sites (tertiary alicyclic amines) is 1. The molecule has 2 heterocycles. The highest BCUT2D eigenvalue weighted by molar-refractivity contribution is 5.97. The molecule has 1 saturated heterocycles. The molecule has 2 amide bonds. The molecule has 0 aliphatic carbocycles. The maximum absolute atomic E-state index is 13.0. The number of amides is 2. The van der Waals surface area contributed by atoms with E-state index in [2.05, 4.69) is 17.2 Å². The molecule has 1 aliphatic rings. The first kappa shape index (κ1) is 19.9. The molecule has 2 aromatic rings. The van der Waals surface area contributed by atoms with E-state index in [9.17, 15) is 9.59 Å². The zero-order chi connectivity index (χ0) is 20.1.